The molecule has 1 aliphatic heterocycles. The van der Waals surface area contributed by atoms with Crippen LogP contribution in [0, 0.1) is 10.8 Å². The third-order valence-electron chi connectivity index (χ3n) is 5.71. The fourth-order valence-corrected chi connectivity index (χ4v) is 5.29. The lowest BCUT2D eigenvalue weighted by molar-refractivity contribution is 0.217. The summed E-state index contributed by atoms with van der Waals surface area (Å²) in [5.41, 5.74) is 1.07. The Balaban J connectivity index is 1.49. The molecular formula is C17H30N2S. The van der Waals surface area contributed by atoms with Gasteiger partial charge >= 0.3 is 0 Å². The van der Waals surface area contributed by atoms with E-state index in [4.69, 9.17) is 4.99 Å². The molecule has 1 heterocycles. The van der Waals surface area contributed by atoms with Crippen LogP contribution < -0.4 is 5.32 Å². The molecule has 0 radical (unpaired) electrons. The first kappa shape index (κ1) is 14.7. The number of aliphatic imine (C=N–C) groups is 1. The van der Waals surface area contributed by atoms with E-state index in [0.717, 1.165) is 13.1 Å². The average Bonchev–Trinajstić information content (AvgIpc) is 2.49. The molecule has 1 spiro atoms. The quantitative estimate of drug-likeness (QED) is 0.805. The van der Waals surface area contributed by atoms with E-state index in [1.807, 2.05) is 11.8 Å². The standard InChI is InChI=1S/C17H30N2S/c1-16(8-4-2-5-9-16)12-18-15-19-13-17(14-20-15)10-6-3-7-11-17/h2-14H2,1H3,(H,18,19). The Bertz CT molecular complexity index is 352. The highest BCUT2D eigenvalue weighted by Gasteiger charge is 2.35. The van der Waals surface area contributed by atoms with Gasteiger partial charge in [-0.15, -0.1) is 0 Å². The van der Waals surface area contributed by atoms with Crippen LogP contribution in [0.4, 0.5) is 0 Å². The topological polar surface area (TPSA) is 24.4 Å². The van der Waals surface area contributed by atoms with Crippen molar-refractivity contribution in [2.75, 3.05) is 18.8 Å². The van der Waals surface area contributed by atoms with Gasteiger partial charge in [0.2, 0.25) is 0 Å². The summed E-state index contributed by atoms with van der Waals surface area (Å²) in [5, 5.41) is 4.90. The summed E-state index contributed by atoms with van der Waals surface area (Å²) in [6.07, 6.45) is 14.2. The molecule has 0 bridgehead atoms. The van der Waals surface area contributed by atoms with Crippen LogP contribution in [0.3, 0.4) is 0 Å². The largest absolute Gasteiger partial charge is 0.364 e. The molecule has 0 saturated heterocycles. The molecule has 1 N–H and O–H groups in total. The fourth-order valence-electron chi connectivity index (χ4n) is 4.13. The molecule has 2 saturated carbocycles. The SMILES string of the molecule is CC1(CNC2=NCC3(CCCCC3)CS2)CCCCC1. The Hall–Kier alpha value is -0.180. The van der Waals surface area contributed by atoms with Gasteiger partial charge in [0.25, 0.3) is 0 Å². The van der Waals surface area contributed by atoms with E-state index >= 15 is 0 Å². The number of hydrogen-bond donors (Lipinski definition) is 1. The molecular weight excluding hydrogens is 264 g/mol. The van der Waals surface area contributed by atoms with E-state index in [1.54, 1.807) is 0 Å². The third kappa shape index (κ3) is 3.52. The maximum atomic E-state index is 4.89. The summed E-state index contributed by atoms with van der Waals surface area (Å²) in [4.78, 5) is 4.89. The molecule has 3 heteroatoms. The molecule has 0 atom stereocenters. The molecule has 0 amide bonds. The minimum absolute atomic E-state index is 0.515. The first-order valence-electron chi connectivity index (χ1n) is 8.61. The lowest BCUT2D eigenvalue weighted by Crippen LogP contribution is -2.40. The molecule has 114 valence electrons. The van der Waals surface area contributed by atoms with Gasteiger partial charge in [0.15, 0.2) is 5.17 Å². The van der Waals surface area contributed by atoms with E-state index in [-0.39, 0.29) is 0 Å². The van der Waals surface area contributed by atoms with E-state index in [2.05, 4.69) is 12.2 Å². The average molecular weight is 295 g/mol. The number of thioether (sulfide) groups is 1. The van der Waals surface area contributed by atoms with Crippen molar-refractivity contribution in [2.24, 2.45) is 15.8 Å². The van der Waals surface area contributed by atoms with Crippen LogP contribution >= 0.6 is 11.8 Å². The second kappa shape index (κ2) is 6.29. The predicted octanol–water partition coefficient (Wildman–Crippen LogP) is 4.60. The van der Waals surface area contributed by atoms with Gasteiger partial charge in [0.05, 0.1) is 0 Å². The minimum Gasteiger partial charge on any atom is -0.364 e. The van der Waals surface area contributed by atoms with Crippen molar-refractivity contribution in [3.05, 3.63) is 0 Å². The van der Waals surface area contributed by atoms with Crippen molar-refractivity contribution in [3.8, 4) is 0 Å². The van der Waals surface area contributed by atoms with Gasteiger partial charge in [-0.2, -0.15) is 0 Å². The van der Waals surface area contributed by atoms with Gasteiger partial charge < -0.3 is 5.32 Å². The zero-order valence-corrected chi connectivity index (χ0v) is 13.9. The summed E-state index contributed by atoms with van der Waals surface area (Å²) in [5.74, 6) is 1.30. The highest BCUT2D eigenvalue weighted by molar-refractivity contribution is 8.13. The number of amidine groups is 1. The smallest absolute Gasteiger partial charge is 0.156 e. The van der Waals surface area contributed by atoms with Crippen molar-refractivity contribution in [1.82, 2.24) is 5.32 Å². The second-order valence-electron chi connectivity index (χ2n) is 7.70. The zero-order valence-electron chi connectivity index (χ0n) is 13.0. The molecule has 3 rings (SSSR count). The molecule has 0 aromatic rings. The van der Waals surface area contributed by atoms with Crippen molar-refractivity contribution in [1.29, 1.82) is 0 Å². The van der Waals surface area contributed by atoms with Crippen LogP contribution in [0.5, 0.6) is 0 Å². The number of nitrogens with one attached hydrogen (secondary N) is 1. The van der Waals surface area contributed by atoms with Crippen molar-refractivity contribution >= 4 is 16.9 Å². The van der Waals surface area contributed by atoms with Crippen molar-refractivity contribution in [2.45, 2.75) is 71.1 Å². The van der Waals surface area contributed by atoms with Crippen molar-refractivity contribution in [3.63, 3.8) is 0 Å². The molecule has 20 heavy (non-hydrogen) atoms. The summed E-state index contributed by atoms with van der Waals surface area (Å²) < 4.78 is 0. The van der Waals surface area contributed by atoms with Gasteiger partial charge in [0, 0.05) is 18.8 Å². The van der Waals surface area contributed by atoms with E-state index in [9.17, 15) is 0 Å². The van der Waals surface area contributed by atoms with E-state index < -0.39 is 0 Å². The van der Waals surface area contributed by atoms with Gasteiger partial charge in [-0.05, 0) is 36.5 Å². The molecule has 0 aromatic carbocycles. The monoisotopic (exact) mass is 294 g/mol. The first-order valence-corrected chi connectivity index (χ1v) is 9.60. The molecule has 0 aromatic heterocycles. The maximum absolute atomic E-state index is 4.89. The predicted molar refractivity (Wildman–Crippen MR) is 89.5 cm³/mol. The summed E-state index contributed by atoms with van der Waals surface area (Å²) in [7, 11) is 0. The summed E-state index contributed by atoms with van der Waals surface area (Å²) in [6, 6.07) is 0. The Kier molecular flexibility index (Phi) is 4.64. The highest BCUT2D eigenvalue weighted by Crippen LogP contribution is 2.42. The molecule has 2 aliphatic carbocycles. The van der Waals surface area contributed by atoms with Crippen LogP contribution in [0.1, 0.15) is 71.1 Å². The normalized spacial score (nSPS) is 28.9. The van der Waals surface area contributed by atoms with Crippen LogP contribution in [-0.2, 0) is 0 Å². The Morgan fingerprint density at radius 1 is 1.00 bits per heavy atom. The third-order valence-corrected chi connectivity index (χ3v) is 7.02. The van der Waals surface area contributed by atoms with E-state index in [1.165, 1.54) is 75.1 Å². The van der Waals surface area contributed by atoms with Gasteiger partial charge in [-0.25, -0.2) is 0 Å². The highest BCUT2D eigenvalue weighted by atomic mass is 32.2. The van der Waals surface area contributed by atoms with E-state index in [0.29, 0.717) is 10.8 Å². The number of rotatable bonds is 2. The van der Waals surface area contributed by atoms with Gasteiger partial charge in [-0.1, -0.05) is 57.2 Å². The van der Waals surface area contributed by atoms with Crippen LogP contribution in [0.15, 0.2) is 4.99 Å². The van der Waals surface area contributed by atoms with Gasteiger partial charge in [-0.3, -0.25) is 4.99 Å². The minimum atomic E-state index is 0.515. The lowest BCUT2D eigenvalue weighted by Gasteiger charge is -2.39. The Labute approximate surface area is 128 Å². The first-order chi connectivity index (χ1) is 9.70. The number of hydrogen-bond acceptors (Lipinski definition) is 3. The molecule has 0 unspecified atom stereocenters. The Morgan fingerprint density at radius 2 is 1.65 bits per heavy atom. The Morgan fingerprint density at radius 3 is 2.25 bits per heavy atom. The van der Waals surface area contributed by atoms with Crippen LogP contribution in [-0.4, -0.2) is 24.0 Å². The van der Waals surface area contributed by atoms with Crippen LogP contribution in [0.25, 0.3) is 0 Å². The summed E-state index contributed by atoms with van der Waals surface area (Å²) in [6.45, 7) is 4.67. The summed E-state index contributed by atoms with van der Waals surface area (Å²) >= 11 is 1.99. The zero-order chi connectivity index (χ0) is 13.9. The molecule has 2 nitrogen and oxygen atoms in total. The molecule has 2 fully saturated rings. The number of nitrogens with zero attached hydrogens (tertiary/aromatic N) is 1. The van der Waals surface area contributed by atoms with Gasteiger partial charge in [0.1, 0.15) is 0 Å². The lowest BCUT2D eigenvalue weighted by atomic mass is 9.75. The second-order valence-corrected chi connectivity index (χ2v) is 8.66. The van der Waals surface area contributed by atoms with Crippen LogP contribution in [0.2, 0.25) is 0 Å². The maximum Gasteiger partial charge on any atom is 0.156 e. The van der Waals surface area contributed by atoms with Crippen molar-refractivity contribution < 1.29 is 0 Å². The molecule has 3 aliphatic rings. The fraction of sp³-hybridized carbons (Fsp3) is 0.941.